The lowest BCUT2D eigenvalue weighted by Gasteiger charge is -2.50. The summed E-state index contributed by atoms with van der Waals surface area (Å²) in [6.07, 6.45) is 2.09. The van der Waals surface area contributed by atoms with Crippen molar-refractivity contribution >= 4 is 29.2 Å². The lowest BCUT2D eigenvalue weighted by atomic mass is 9.64. The highest BCUT2D eigenvalue weighted by Crippen LogP contribution is 2.54. The SMILES string of the molecule is C[C@@]1(c2ccccc2)CCN2CC[C@](C)(c3ccccc3)c3cc(NC(=O)S)cc1c32. The van der Waals surface area contributed by atoms with Gasteiger partial charge in [-0.05, 0) is 47.2 Å². The first-order valence-corrected chi connectivity index (χ1v) is 11.4. The number of amides is 1. The summed E-state index contributed by atoms with van der Waals surface area (Å²) in [6.45, 7) is 6.76. The summed E-state index contributed by atoms with van der Waals surface area (Å²) >= 11 is 4.00. The Hall–Kier alpha value is -2.72. The van der Waals surface area contributed by atoms with Crippen molar-refractivity contribution in [2.45, 2.75) is 37.5 Å². The van der Waals surface area contributed by atoms with Crippen molar-refractivity contribution in [2.75, 3.05) is 23.3 Å². The van der Waals surface area contributed by atoms with E-state index >= 15 is 0 Å². The van der Waals surface area contributed by atoms with E-state index in [1.807, 2.05) is 0 Å². The molecule has 1 N–H and O–H groups in total. The van der Waals surface area contributed by atoms with Crippen molar-refractivity contribution in [2.24, 2.45) is 0 Å². The van der Waals surface area contributed by atoms with E-state index in [0.717, 1.165) is 31.6 Å². The first-order valence-electron chi connectivity index (χ1n) is 11.0. The van der Waals surface area contributed by atoms with E-state index in [1.165, 1.54) is 27.9 Å². The third-order valence-electron chi connectivity index (χ3n) is 7.45. The van der Waals surface area contributed by atoms with Crippen molar-refractivity contribution in [3.8, 4) is 0 Å². The number of benzene rings is 3. The largest absolute Gasteiger partial charge is 0.371 e. The predicted octanol–water partition coefficient (Wildman–Crippen LogP) is 6.37. The Kier molecular flexibility index (Phi) is 4.86. The van der Waals surface area contributed by atoms with Crippen molar-refractivity contribution in [1.82, 2.24) is 0 Å². The molecule has 0 saturated heterocycles. The fourth-order valence-electron chi connectivity index (χ4n) is 5.55. The minimum absolute atomic E-state index is 0.117. The highest BCUT2D eigenvalue weighted by Gasteiger charge is 2.44. The first-order chi connectivity index (χ1) is 14.9. The van der Waals surface area contributed by atoms with Gasteiger partial charge in [0.05, 0.1) is 0 Å². The number of hydrogen-bond donors (Lipinski definition) is 2. The summed E-state index contributed by atoms with van der Waals surface area (Å²) < 4.78 is 0. The van der Waals surface area contributed by atoms with Gasteiger partial charge in [-0.3, -0.25) is 4.79 Å². The quantitative estimate of drug-likeness (QED) is 0.475. The molecule has 2 aliphatic heterocycles. The normalized spacial score (nSPS) is 24.4. The van der Waals surface area contributed by atoms with E-state index in [9.17, 15) is 4.79 Å². The second kappa shape index (κ2) is 7.45. The molecule has 2 atom stereocenters. The van der Waals surface area contributed by atoms with Crippen LogP contribution in [0.15, 0.2) is 72.8 Å². The lowest BCUT2D eigenvalue weighted by molar-refractivity contribution is 0.270. The fourth-order valence-corrected chi connectivity index (χ4v) is 5.67. The zero-order valence-electron chi connectivity index (χ0n) is 18.1. The van der Waals surface area contributed by atoms with Gasteiger partial charge in [0.25, 0.3) is 5.24 Å². The predicted molar refractivity (Wildman–Crippen MR) is 132 cm³/mol. The number of hydrogen-bond acceptors (Lipinski definition) is 2. The van der Waals surface area contributed by atoms with Crippen LogP contribution in [-0.4, -0.2) is 18.3 Å². The Balaban J connectivity index is 1.79. The third-order valence-corrected chi connectivity index (χ3v) is 7.56. The highest BCUT2D eigenvalue weighted by atomic mass is 32.1. The monoisotopic (exact) mass is 428 g/mol. The molecule has 0 saturated carbocycles. The topological polar surface area (TPSA) is 32.3 Å². The van der Waals surface area contributed by atoms with Crippen LogP contribution in [0.2, 0.25) is 0 Å². The minimum Gasteiger partial charge on any atom is -0.371 e. The Morgan fingerprint density at radius 1 is 0.839 bits per heavy atom. The average Bonchev–Trinajstić information content (AvgIpc) is 2.79. The molecule has 0 bridgehead atoms. The van der Waals surface area contributed by atoms with Crippen molar-refractivity contribution in [3.05, 3.63) is 95.1 Å². The zero-order chi connectivity index (χ0) is 21.6. The van der Waals surface area contributed by atoms with Gasteiger partial charge in [-0.2, -0.15) is 0 Å². The summed E-state index contributed by atoms with van der Waals surface area (Å²) in [5.74, 6) is 0. The maximum absolute atomic E-state index is 11.9. The van der Waals surface area contributed by atoms with Gasteiger partial charge in [-0.1, -0.05) is 87.1 Å². The molecule has 0 fully saturated rings. The summed E-state index contributed by atoms with van der Waals surface area (Å²) in [5.41, 5.74) is 7.15. The van der Waals surface area contributed by atoms with Gasteiger partial charge >= 0.3 is 0 Å². The van der Waals surface area contributed by atoms with E-state index in [-0.39, 0.29) is 16.1 Å². The zero-order valence-corrected chi connectivity index (χ0v) is 19.0. The first kappa shape index (κ1) is 20.2. The molecule has 3 aromatic carbocycles. The molecule has 4 heteroatoms. The van der Waals surface area contributed by atoms with Gasteiger partial charge in [-0.15, -0.1) is 0 Å². The molecule has 2 aliphatic rings. The van der Waals surface area contributed by atoms with E-state index < -0.39 is 0 Å². The molecule has 0 radical (unpaired) electrons. The number of thiol groups is 1. The van der Waals surface area contributed by atoms with Crippen molar-refractivity contribution < 1.29 is 4.79 Å². The van der Waals surface area contributed by atoms with Crippen LogP contribution in [-0.2, 0) is 10.8 Å². The molecular formula is C27H28N2OS. The van der Waals surface area contributed by atoms with Crippen LogP contribution in [0.3, 0.4) is 0 Å². The van der Waals surface area contributed by atoms with Crippen molar-refractivity contribution in [1.29, 1.82) is 0 Å². The number of nitrogens with one attached hydrogen (secondary N) is 1. The molecule has 0 aliphatic carbocycles. The number of carbonyl (C=O) groups excluding carboxylic acids is 1. The van der Waals surface area contributed by atoms with E-state index in [1.54, 1.807) is 0 Å². The lowest BCUT2D eigenvalue weighted by Crippen LogP contribution is -2.47. The molecule has 31 heavy (non-hydrogen) atoms. The molecule has 1 amide bonds. The Labute approximate surface area is 189 Å². The van der Waals surface area contributed by atoms with Crippen LogP contribution in [0.5, 0.6) is 0 Å². The van der Waals surface area contributed by atoms with Crippen LogP contribution in [0.1, 0.15) is 48.9 Å². The molecule has 5 rings (SSSR count). The second-order valence-electron chi connectivity index (χ2n) is 9.23. The molecule has 2 heterocycles. The van der Waals surface area contributed by atoms with E-state index in [4.69, 9.17) is 0 Å². The number of rotatable bonds is 3. The van der Waals surface area contributed by atoms with Gasteiger partial charge < -0.3 is 10.2 Å². The standard InChI is InChI=1S/C27H28N2OS/c1-26(19-9-5-3-6-10-19)13-15-29-16-14-27(2,20-11-7-4-8-12-20)23-18-21(28-25(30)31)17-22(26)24(23)29/h3-12,17-18H,13-16H2,1-2H3,(H2,28,30,31)/t26-,27+. The highest BCUT2D eigenvalue weighted by molar-refractivity contribution is 7.96. The van der Waals surface area contributed by atoms with Crippen molar-refractivity contribution in [3.63, 3.8) is 0 Å². The van der Waals surface area contributed by atoms with Gasteiger partial charge in [-0.25, -0.2) is 0 Å². The Morgan fingerprint density at radius 2 is 1.29 bits per heavy atom. The molecule has 3 aromatic rings. The minimum atomic E-state index is -0.335. The smallest absolute Gasteiger partial charge is 0.280 e. The van der Waals surface area contributed by atoms with Gasteiger partial charge in [0.15, 0.2) is 0 Å². The Morgan fingerprint density at radius 3 is 1.71 bits per heavy atom. The van der Waals surface area contributed by atoms with Crippen LogP contribution >= 0.6 is 12.6 Å². The molecule has 0 aromatic heterocycles. The number of carbonyl (C=O) groups is 1. The second-order valence-corrected chi connectivity index (χ2v) is 9.64. The summed E-state index contributed by atoms with van der Waals surface area (Å²) in [4.78, 5) is 14.4. The third kappa shape index (κ3) is 3.25. The van der Waals surface area contributed by atoms with Gasteiger partial charge in [0, 0.05) is 35.3 Å². The molecule has 158 valence electrons. The van der Waals surface area contributed by atoms with E-state index in [0.29, 0.717) is 0 Å². The Bertz CT molecular complexity index is 1050. The van der Waals surface area contributed by atoms with E-state index in [2.05, 4.69) is 109 Å². The number of anilines is 2. The summed E-state index contributed by atoms with van der Waals surface area (Å²) in [7, 11) is 0. The summed E-state index contributed by atoms with van der Waals surface area (Å²) in [5, 5.41) is 2.62. The molecule has 0 unspecified atom stereocenters. The maximum atomic E-state index is 11.9. The maximum Gasteiger partial charge on any atom is 0.280 e. The fraction of sp³-hybridized carbons (Fsp3) is 0.296. The average molecular weight is 429 g/mol. The summed E-state index contributed by atoms with van der Waals surface area (Å²) in [6, 6.07) is 25.9. The van der Waals surface area contributed by atoms with Crippen LogP contribution in [0.4, 0.5) is 16.2 Å². The van der Waals surface area contributed by atoms with Gasteiger partial charge in [0.2, 0.25) is 0 Å². The molecule has 3 nitrogen and oxygen atoms in total. The molecular weight excluding hydrogens is 400 g/mol. The van der Waals surface area contributed by atoms with Crippen LogP contribution in [0, 0.1) is 0 Å². The number of nitrogens with zero attached hydrogens (tertiary/aromatic N) is 1. The van der Waals surface area contributed by atoms with Crippen LogP contribution < -0.4 is 10.2 Å². The molecule has 0 spiro atoms. The van der Waals surface area contributed by atoms with Gasteiger partial charge in [0.1, 0.15) is 0 Å². The van der Waals surface area contributed by atoms with Crippen LogP contribution in [0.25, 0.3) is 0 Å².